The fraction of sp³-hybridized carbons (Fsp3) is 0.857. The first-order valence-electron chi connectivity index (χ1n) is 3.72. The van der Waals surface area contributed by atoms with E-state index < -0.39 is 7.72 Å². The van der Waals surface area contributed by atoms with Crippen molar-refractivity contribution < 1.29 is 14.6 Å². The van der Waals surface area contributed by atoms with E-state index in [0.717, 1.165) is 0 Å². The molecule has 1 unspecified atom stereocenters. The van der Waals surface area contributed by atoms with Crippen molar-refractivity contribution in [1.29, 1.82) is 0 Å². The highest BCUT2D eigenvalue weighted by molar-refractivity contribution is 7.66. The highest BCUT2D eigenvalue weighted by Crippen LogP contribution is 2.55. The van der Waals surface area contributed by atoms with Crippen molar-refractivity contribution in [1.82, 2.24) is 0 Å². The second-order valence-corrected chi connectivity index (χ2v) is 5.67. The quantitative estimate of drug-likeness (QED) is 0.637. The van der Waals surface area contributed by atoms with E-state index >= 15 is 0 Å². The van der Waals surface area contributed by atoms with Gasteiger partial charge in [-0.25, -0.2) is 9.79 Å². The van der Waals surface area contributed by atoms with Crippen LogP contribution in [0.15, 0.2) is 0 Å². The Bertz CT molecular complexity index is 145. The van der Waals surface area contributed by atoms with Gasteiger partial charge in [0.15, 0.2) is 11.9 Å². The number of Topliss-reactive ketones (excluding diaryl/α,β-unsaturated/α-hetero) is 1. The summed E-state index contributed by atoms with van der Waals surface area (Å²) in [7, 11) is -2.94. The summed E-state index contributed by atoms with van der Waals surface area (Å²) in [6.07, 6.45) is 0.635. The van der Waals surface area contributed by atoms with Crippen LogP contribution in [0.25, 0.3) is 0 Å². The Morgan fingerprint density at radius 3 is 2.27 bits per heavy atom. The molecule has 0 saturated carbocycles. The van der Waals surface area contributed by atoms with Crippen molar-refractivity contribution >= 4 is 13.5 Å². The van der Waals surface area contributed by atoms with Crippen LogP contribution in [0, 0.1) is 0 Å². The van der Waals surface area contributed by atoms with Crippen molar-refractivity contribution in [3.05, 3.63) is 0 Å². The molecule has 2 N–H and O–H groups in total. The molecule has 0 amide bonds. The van der Waals surface area contributed by atoms with Gasteiger partial charge in [0, 0.05) is 0 Å². The van der Waals surface area contributed by atoms with Crippen LogP contribution in [0.2, 0.25) is 0 Å². The van der Waals surface area contributed by atoms with Crippen molar-refractivity contribution in [2.75, 3.05) is 6.16 Å². The molecule has 11 heavy (non-hydrogen) atoms. The fourth-order valence-corrected chi connectivity index (χ4v) is 2.33. The van der Waals surface area contributed by atoms with E-state index in [1.54, 1.807) is 6.92 Å². The fourth-order valence-electron chi connectivity index (χ4n) is 0.776. The minimum Gasteiger partial charge on any atom is -0.296 e. The van der Waals surface area contributed by atoms with Crippen molar-refractivity contribution in [3.63, 3.8) is 0 Å². The van der Waals surface area contributed by atoms with Crippen molar-refractivity contribution in [2.45, 2.75) is 32.9 Å². The van der Waals surface area contributed by atoms with Crippen LogP contribution in [0.5, 0.6) is 0 Å². The molecule has 3 nitrogen and oxygen atoms in total. The van der Waals surface area contributed by atoms with Crippen LogP contribution in [0.4, 0.5) is 0 Å². The van der Waals surface area contributed by atoms with Gasteiger partial charge in [0.2, 0.25) is 0 Å². The zero-order chi connectivity index (χ0) is 9.07. The Morgan fingerprint density at radius 2 is 2.00 bits per heavy atom. The van der Waals surface area contributed by atoms with Crippen molar-refractivity contribution in [2.24, 2.45) is 0 Å². The average Bonchev–Trinajstić information content (AvgIpc) is 1.83. The average molecular weight is 179 g/mol. The van der Waals surface area contributed by atoms with E-state index in [1.807, 2.05) is 6.92 Å². The van der Waals surface area contributed by atoms with Gasteiger partial charge in [-0.3, -0.25) is 4.79 Å². The van der Waals surface area contributed by atoms with E-state index in [2.05, 4.69) is 0 Å². The third-order valence-corrected chi connectivity index (χ3v) is 4.44. The first kappa shape index (κ1) is 11.0. The summed E-state index contributed by atoms with van der Waals surface area (Å²) in [5.41, 5.74) is -0.147. The third-order valence-electron chi connectivity index (χ3n) is 1.75. The Hall–Kier alpha value is 0.0200. The Labute approximate surface area is 67.9 Å². The number of rotatable bonds is 4. The second-order valence-electron chi connectivity index (χ2n) is 2.90. The van der Waals surface area contributed by atoms with Crippen LogP contribution < -0.4 is 0 Å². The standard InChI is InChI=1S/C7H16O3P/c1-4-7(3)11(9,10)5-6(2)8/h7,9-10H,4-5H2,1-3H3/q+1. The summed E-state index contributed by atoms with van der Waals surface area (Å²) in [5, 5.41) is 0. The molecule has 0 aromatic rings. The predicted octanol–water partition coefficient (Wildman–Crippen LogP) is 1.21. The van der Waals surface area contributed by atoms with E-state index in [4.69, 9.17) is 0 Å². The van der Waals surface area contributed by atoms with Gasteiger partial charge < -0.3 is 0 Å². The summed E-state index contributed by atoms with van der Waals surface area (Å²) < 4.78 is 0. The topological polar surface area (TPSA) is 57.5 Å². The van der Waals surface area contributed by atoms with Gasteiger partial charge in [-0.1, -0.05) is 6.92 Å². The molecule has 1 atom stereocenters. The first-order chi connectivity index (χ1) is 4.90. The summed E-state index contributed by atoms with van der Waals surface area (Å²) in [6, 6.07) is 0. The smallest absolute Gasteiger partial charge is 0.277 e. The van der Waals surface area contributed by atoms with Gasteiger partial charge in [0.25, 0.3) is 7.72 Å². The molecule has 0 aliphatic heterocycles. The molecule has 66 valence electrons. The number of hydrogen-bond acceptors (Lipinski definition) is 3. The second kappa shape index (κ2) is 4.15. The van der Waals surface area contributed by atoms with Crippen LogP contribution >= 0.6 is 7.72 Å². The van der Waals surface area contributed by atoms with Gasteiger partial charge in [0.05, 0.1) is 0 Å². The highest BCUT2D eigenvalue weighted by Gasteiger charge is 2.40. The zero-order valence-electron chi connectivity index (χ0n) is 7.24. The van der Waals surface area contributed by atoms with Crippen LogP contribution in [-0.2, 0) is 4.79 Å². The minimum absolute atomic E-state index is 0.0675. The molecule has 0 radical (unpaired) electrons. The lowest BCUT2D eigenvalue weighted by Gasteiger charge is -2.16. The molecule has 4 heteroatoms. The molecule has 0 aromatic carbocycles. The Morgan fingerprint density at radius 1 is 1.55 bits per heavy atom. The number of carbonyl (C=O) groups excluding carboxylic acids is 1. The molecular weight excluding hydrogens is 163 g/mol. The molecule has 0 bridgehead atoms. The van der Waals surface area contributed by atoms with Gasteiger partial charge >= 0.3 is 0 Å². The first-order valence-corrected chi connectivity index (χ1v) is 5.67. The maximum atomic E-state index is 10.6. The molecule has 0 aliphatic carbocycles. The minimum atomic E-state index is -2.94. The maximum Gasteiger partial charge on any atom is 0.277 e. The molecule has 0 aromatic heterocycles. The van der Waals surface area contributed by atoms with Crippen LogP contribution in [0.1, 0.15) is 27.2 Å². The summed E-state index contributed by atoms with van der Waals surface area (Å²) in [6.45, 7) is 5.02. The van der Waals surface area contributed by atoms with Crippen molar-refractivity contribution in [3.8, 4) is 0 Å². The predicted molar refractivity (Wildman–Crippen MR) is 46.7 cm³/mol. The van der Waals surface area contributed by atoms with Gasteiger partial charge in [-0.2, -0.15) is 0 Å². The summed E-state index contributed by atoms with van der Waals surface area (Å²) >= 11 is 0. The Balaban J connectivity index is 4.08. The van der Waals surface area contributed by atoms with Gasteiger partial charge in [-0.15, -0.1) is 0 Å². The van der Waals surface area contributed by atoms with Gasteiger partial charge in [-0.05, 0) is 20.3 Å². The number of ketones is 1. The summed E-state index contributed by atoms with van der Waals surface area (Å²) in [5.74, 6) is -0.149. The van der Waals surface area contributed by atoms with Crippen LogP contribution in [0.3, 0.4) is 0 Å². The number of carbonyl (C=O) groups is 1. The largest absolute Gasteiger partial charge is 0.296 e. The maximum absolute atomic E-state index is 10.6. The normalized spacial score (nSPS) is 14.6. The Kier molecular flexibility index (Phi) is 4.16. The zero-order valence-corrected chi connectivity index (χ0v) is 8.14. The molecule has 0 rings (SSSR count). The summed E-state index contributed by atoms with van der Waals surface area (Å²) in [4.78, 5) is 29.4. The lowest BCUT2D eigenvalue weighted by Crippen LogP contribution is -2.15. The van der Waals surface area contributed by atoms with E-state index in [1.165, 1.54) is 6.92 Å². The molecule has 0 saturated heterocycles. The highest BCUT2D eigenvalue weighted by atomic mass is 31.2. The van der Waals surface area contributed by atoms with Gasteiger partial charge in [0.1, 0.15) is 5.66 Å². The number of hydrogen-bond donors (Lipinski definition) is 2. The third kappa shape index (κ3) is 3.80. The van der Waals surface area contributed by atoms with Crippen LogP contribution in [-0.4, -0.2) is 27.4 Å². The van der Waals surface area contributed by atoms with E-state index in [0.29, 0.717) is 6.42 Å². The van der Waals surface area contributed by atoms with E-state index in [9.17, 15) is 14.6 Å². The SMILES string of the molecule is CCC(C)[P+](O)(O)CC(C)=O. The van der Waals surface area contributed by atoms with E-state index in [-0.39, 0.29) is 17.6 Å². The molecule has 0 aliphatic rings. The molecule has 0 heterocycles. The molecule has 0 fully saturated rings. The molecular formula is C7H16O3P+. The lowest BCUT2D eigenvalue weighted by molar-refractivity contribution is -0.114. The monoisotopic (exact) mass is 179 g/mol. The molecule has 0 spiro atoms. The lowest BCUT2D eigenvalue weighted by atomic mass is 10.4.